The topological polar surface area (TPSA) is 79.3 Å². The molecule has 5 nitrogen and oxygen atoms in total. The van der Waals surface area contributed by atoms with Crippen molar-refractivity contribution in [1.29, 1.82) is 0 Å². The fourth-order valence-corrected chi connectivity index (χ4v) is 5.70. The molecule has 7 heteroatoms. The van der Waals surface area contributed by atoms with Gasteiger partial charge in [-0.1, -0.05) is 65.8 Å². The van der Waals surface area contributed by atoms with Crippen LogP contribution in [0, 0.1) is 11.8 Å². The molecule has 1 aromatic heterocycles. The number of thiazole rings is 1. The molecule has 0 spiro atoms. The van der Waals surface area contributed by atoms with E-state index in [1.165, 1.54) is 0 Å². The lowest BCUT2D eigenvalue weighted by Crippen LogP contribution is -2.27. The van der Waals surface area contributed by atoms with Crippen LogP contribution in [0.15, 0.2) is 66.7 Å². The molecular formula is C27H23ClN2O3S. The van der Waals surface area contributed by atoms with Crippen molar-refractivity contribution in [2.75, 3.05) is 5.32 Å². The van der Waals surface area contributed by atoms with Crippen molar-refractivity contribution in [2.45, 2.75) is 25.7 Å². The fourth-order valence-electron chi connectivity index (χ4n) is 4.54. The van der Waals surface area contributed by atoms with Gasteiger partial charge in [-0.05, 0) is 60.7 Å². The SMILES string of the molecule is O=C(O)[C@@H]1CCC[C@H](C(=O)c2ccc(-c3ccc(Nc4nc5ccc(Cl)cc5s4)cc3)cc2)C1. The van der Waals surface area contributed by atoms with Crippen LogP contribution in [0.2, 0.25) is 5.02 Å². The number of Topliss-reactive ketones (excluding diaryl/α,β-unsaturated/α-hetero) is 1. The van der Waals surface area contributed by atoms with E-state index in [0.29, 0.717) is 23.4 Å². The first kappa shape index (κ1) is 22.6. The number of hydrogen-bond donors (Lipinski definition) is 2. The number of ketones is 1. The van der Waals surface area contributed by atoms with Crippen molar-refractivity contribution < 1.29 is 14.7 Å². The molecule has 1 saturated carbocycles. The Hall–Kier alpha value is -3.22. The minimum Gasteiger partial charge on any atom is -0.481 e. The second kappa shape index (κ2) is 9.57. The number of carboxylic acid groups (broad SMARTS) is 1. The summed E-state index contributed by atoms with van der Waals surface area (Å²) < 4.78 is 1.04. The zero-order valence-electron chi connectivity index (χ0n) is 18.3. The molecule has 0 radical (unpaired) electrons. The van der Waals surface area contributed by atoms with Gasteiger partial charge in [-0.2, -0.15) is 0 Å². The minimum atomic E-state index is -0.793. The van der Waals surface area contributed by atoms with Crippen molar-refractivity contribution in [2.24, 2.45) is 11.8 Å². The Balaban J connectivity index is 1.26. The molecule has 4 aromatic rings. The summed E-state index contributed by atoms with van der Waals surface area (Å²) in [6, 6.07) is 21.3. The summed E-state index contributed by atoms with van der Waals surface area (Å²) in [5.74, 6) is -1.35. The number of carbonyl (C=O) groups is 2. The lowest BCUT2D eigenvalue weighted by Gasteiger charge is -2.25. The number of carboxylic acids is 1. The van der Waals surface area contributed by atoms with Crippen LogP contribution in [0.25, 0.3) is 21.3 Å². The smallest absolute Gasteiger partial charge is 0.306 e. The highest BCUT2D eigenvalue weighted by molar-refractivity contribution is 7.22. The van der Waals surface area contributed by atoms with Gasteiger partial charge in [0, 0.05) is 22.2 Å². The molecule has 0 saturated heterocycles. The van der Waals surface area contributed by atoms with Gasteiger partial charge in [-0.25, -0.2) is 4.98 Å². The summed E-state index contributed by atoms with van der Waals surface area (Å²) in [6.07, 6.45) is 2.65. The Labute approximate surface area is 206 Å². The van der Waals surface area contributed by atoms with E-state index in [1.54, 1.807) is 11.3 Å². The summed E-state index contributed by atoms with van der Waals surface area (Å²) in [6.45, 7) is 0. The monoisotopic (exact) mass is 490 g/mol. The van der Waals surface area contributed by atoms with E-state index in [0.717, 1.165) is 45.0 Å². The van der Waals surface area contributed by atoms with Crippen LogP contribution in [0.5, 0.6) is 0 Å². The number of halogens is 1. The van der Waals surface area contributed by atoms with Gasteiger partial charge < -0.3 is 10.4 Å². The van der Waals surface area contributed by atoms with Crippen LogP contribution in [0.4, 0.5) is 10.8 Å². The molecular weight excluding hydrogens is 468 g/mol. The molecule has 5 rings (SSSR count). The Morgan fingerprint density at radius 1 is 0.941 bits per heavy atom. The highest BCUT2D eigenvalue weighted by Crippen LogP contribution is 2.33. The molecule has 1 heterocycles. The average Bonchev–Trinajstić information content (AvgIpc) is 3.25. The highest BCUT2D eigenvalue weighted by atomic mass is 35.5. The summed E-state index contributed by atoms with van der Waals surface area (Å²) in [7, 11) is 0. The van der Waals surface area contributed by atoms with Crippen LogP contribution < -0.4 is 5.32 Å². The molecule has 0 aliphatic heterocycles. The van der Waals surface area contributed by atoms with Crippen LogP contribution in [0.3, 0.4) is 0 Å². The third-order valence-corrected chi connectivity index (χ3v) is 7.55. The van der Waals surface area contributed by atoms with Gasteiger partial charge in [0.2, 0.25) is 0 Å². The third kappa shape index (κ3) is 4.83. The number of carbonyl (C=O) groups excluding carboxylic acids is 1. The lowest BCUT2D eigenvalue weighted by molar-refractivity contribution is -0.143. The number of aromatic nitrogens is 1. The van der Waals surface area contributed by atoms with Gasteiger partial charge in [0.1, 0.15) is 0 Å². The summed E-state index contributed by atoms with van der Waals surface area (Å²) in [4.78, 5) is 28.8. The van der Waals surface area contributed by atoms with Crippen molar-refractivity contribution in [3.05, 3.63) is 77.3 Å². The molecule has 2 atom stereocenters. The normalized spacial score (nSPS) is 18.0. The Bertz CT molecular complexity index is 1350. The maximum absolute atomic E-state index is 12.9. The molecule has 3 aromatic carbocycles. The van der Waals surface area contributed by atoms with E-state index in [9.17, 15) is 14.7 Å². The quantitative estimate of drug-likeness (QED) is 0.274. The zero-order valence-corrected chi connectivity index (χ0v) is 19.9. The van der Waals surface area contributed by atoms with Crippen molar-refractivity contribution in [3.8, 4) is 11.1 Å². The van der Waals surface area contributed by atoms with Crippen LogP contribution >= 0.6 is 22.9 Å². The molecule has 2 N–H and O–H groups in total. The first-order valence-corrected chi connectivity index (χ1v) is 12.5. The van der Waals surface area contributed by atoms with Crippen molar-refractivity contribution >= 4 is 55.7 Å². The van der Waals surface area contributed by atoms with Gasteiger partial charge in [-0.15, -0.1) is 0 Å². The molecule has 0 unspecified atom stereocenters. The van der Waals surface area contributed by atoms with Crippen LogP contribution in [-0.4, -0.2) is 21.8 Å². The fraction of sp³-hybridized carbons (Fsp3) is 0.222. The summed E-state index contributed by atoms with van der Waals surface area (Å²) in [5.41, 5.74) is 4.56. The first-order chi connectivity index (χ1) is 16.5. The van der Waals surface area contributed by atoms with E-state index in [1.807, 2.05) is 66.7 Å². The largest absolute Gasteiger partial charge is 0.481 e. The van der Waals surface area contributed by atoms with Gasteiger partial charge in [0.25, 0.3) is 0 Å². The zero-order chi connectivity index (χ0) is 23.7. The first-order valence-electron chi connectivity index (χ1n) is 11.3. The molecule has 172 valence electrons. The maximum Gasteiger partial charge on any atom is 0.306 e. The molecule has 1 aliphatic carbocycles. The molecule has 34 heavy (non-hydrogen) atoms. The molecule has 0 amide bonds. The predicted octanol–water partition coefficient (Wildman–Crippen LogP) is 7.43. The Morgan fingerprint density at radius 3 is 2.32 bits per heavy atom. The Kier molecular flexibility index (Phi) is 6.35. The van der Waals surface area contributed by atoms with E-state index in [4.69, 9.17) is 11.6 Å². The number of anilines is 2. The second-order valence-corrected chi connectivity index (χ2v) is 10.1. The second-order valence-electron chi connectivity index (χ2n) is 8.67. The van der Waals surface area contributed by atoms with E-state index >= 15 is 0 Å². The number of hydrogen-bond acceptors (Lipinski definition) is 5. The van der Waals surface area contributed by atoms with Crippen molar-refractivity contribution in [1.82, 2.24) is 4.98 Å². The third-order valence-electron chi connectivity index (χ3n) is 6.38. The van der Waals surface area contributed by atoms with E-state index in [-0.39, 0.29) is 11.7 Å². The summed E-state index contributed by atoms with van der Waals surface area (Å²) in [5, 5.41) is 14.1. The number of rotatable bonds is 6. The molecule has 1 aliphatic rings. The molecule has 0 bridgehead atoms. The average molecular weight is 491 g/mol. The number of nitrogens with one attached hydrogen (secondary N) is 1. The lowest BCUT2D eigenvalue weighted by atomic mass is 9.78. The highest BCUT2D eigenvalue weighted by Gasteiger charge is 2.31. The van der Waals surface area contributed by atoms with Gasteiger partial charge in [0.05, 0.1) is 16.1 Å². The minimum absolute atomic E-state index is 0.0502. The van der Waals surface area contributed by atoms with Crippen LogP contribution in [-0.2, 0) is 4.79 Å². The van der Waals surface area contributed by atoms with Crippen molar-refractivity contribution in [3.63, 3.8) is 0 Å². The number of fused-ring (bicyclic) bond motifs is 1. The maximum atomic E-state index is 12.9. The van der Waals surface area contributed by atoms with Gasteiger partial charge in [0.15, 0.2) is 10.9 Å². The number of aliphatic carboxylic acids is 1. The summed E-state index contributed by atoms with van der Waals surface area (Å²) >= 11 is 7.62. The van der Waals surface area contributed by atoms with Gasteiger partial charge >= 0.3 is 5.97 Å². The number of benzene rings is 3. The van der Waals surface area contributed by atoms with Gasteiger partial charge in [-0.3, -0.25) is 9.59 Å². The standard InChI is InChI=1S/C27H23ClN2O3S/c28-21-10-13-23-24(15-21)34-27(30-23)29-22-11-8-17(9-12-22)16-4-6-18(7-5-16)25(31)19-2-1-3-20(14-19)26(32)33/h4-13,15,19-20H,1-3,14H2,(H,29,30)(H,32,33)/t19-,20+/m0/s1. The number of nitrogens with zero attached hydrogens (tertiary/aromatic N) is 1. The molecule has 1 fully saturated rings. The van der Waals surface area contributed by atoms with Crippen LogP contribution in [0.1, 0.15) is 36.0 Å². The predicted molar refractivity (Wildman–Crippen MR) is 137 cm³/mol. The Morgan fingerprint density at radius 2 is 1.62 bits per heavy atom. The van der Waals surface area contributed by atoms with E-state index in [2.05, 4.69) is 10.3 Å². The van der Waals surface area contributed by atoms with E-state index < -0.39 is 11.9 Å².